The molecule has 4 rings (SSSR count). The van der Waals surface area contributed by atoms with Crippen molar-refractivity contribution in [3.8, 4) is 17.1 Å². The fourth-order valence-electron chi connectivity index (χ4n) is 3.55. The number of carbonyl (C=O) groups is 1. The van der Waals surface area contributed by atoms with Gasteiger partial charge in [-0.05, 0) is 43.2 Å². The van der Waals surface area contributed by atoms with Crippen LogP contribution in [0.2, 0.25) is 0 Å². The zero-order valence-corrected chi connectivity index (χ0v) is 15.2. The summed E-state index contributed by atoms with van der Waals surface area (Å²) in [5.41, 5.74) is 1.58. The van der Waals surface area contributed by atoms with Gasteiger partial charge in [0.15, 0.2) is 5.82 Å². The Kier molecular flexibility index (Phi) is 4.46. The fourth-order valence-corrected chi connectivity index (χ4v) is 3.55. The van der Waals surface area contributed by atoms with E-state index in [9.17, 15) is 14.3 Å². The summed E-state index contributed by atoms with van der Waals surface area (Å²) < 4.78 is 14.4. The third kappa shape index (κ3) is 3.28. The Morgan fingerprint density at radius 2 is 2.11 bits per heavy atom. The molecule has 1 aliphatic rings. The van der Waals surface area contributed by atoms with Crippen LogP contribution in [0.15, 0.2) is 36.4 Å². The number of anilines is 1. The molecular weight excluding hydrogens is 363 g/mol. The van der Waals surface area contributed by atoms with E-state index in [-0.39, 0.29) is 23.2 Å². The van der Waals surface area contributed by atoms with Gasteiger partial charge in [0.1, 0.15) is 17.4 Å². The number of aryl methyl sites for hydroxylation is 1. The van der Waals surface area contributed by atoms with Gasteiger partial charge in [0.05, 0.1) is 17.1 Å². The lowest BCUT2D eigenvalue weighted by atomic mass is 10.1. The lowest BCUT2D eigenvalue weighted by Gasteiger charge is -2.20. The van der Waals surface area contributed by atoms with Crippen molar-refractivity contribution >= 4 is 22.8 Å². The SMILES string of the molecule is Cc1ccc2c(N3CCC(NC(=O)O)C3)nc(-c3c(O)cccc3F)nc2c1. The first-order chi connectivity index (χ1) is 13.4. The summed E-state index contributed by atoms with van der Waals surface area (Å²) in [6.07, 6.45) is -0.420. The van der Waals surface area contributed by atoms with Gasteiger partial charge >= 0.3 is 6.09 Å². The van der Waals surface area contributed by atoms with Crippen LogP contribution in [0.5, 0.6) is 5.75 Å². The lowest BCUT2D eigenvalue weighted by molar-refractivity contribution is 0.191. The molecule has 0 spiro atoms. The molecule has 7 nitrogen and oxygen atoms in total. The summed E-state index contributed by atoms with van der Waals surface area (Å²) in [7, 11) is 0. The van der Waals surface area contributed by atoms with Crippen molar-refractivity contribution in [1.82, 2.24) is 15.3 Å². The second-order valence-electron chi connectivity index (χ2n) is 6.91. The van der Waals surface area contributed by atoms with Crippen LogP contribution in [0, 0.1) is 12.7 Å². The molecule has 1 atom stereocenters. The Labute approximate surface area is 160 Å². The lowest BCUT2D eigenvalue weighted by Crippen LogP contribution is -2.36. The molecule has 3 aromatic rings. The van der Waals surface area contributed by atoms with Gasteiger partial charge in [-0.15, -0.1) is 0 Å². The van der Waals surface area contributed by atoms with Crippen LogP contribution in [0.1, 0.15) is 12.0 Å². The number of rotatable bonds is 3. The summed E-state index contributed by atoms with van der Waals surface area (Å²) in [4.78, 5) is 21.9. The molecule has 2 heterocycles. The molecule has 1 saturated heterocycles. The molecule has 1 amide bonds. The Hall–Kier alpha value is -3.42. The van der Waals surface area contributed by atoms with Gasteiger partial charge in [0.2, 0.25) is 0 Å². The highest BCUT2D eigenvalue weighted by molar-refractivity contribution is 5.92. The number of carboxylic acid groups (broad SMARTS) is 1. The van der Waals surface area contributed by atoms with Crippen LogP contribution in [-0.2, 0) is 0 Å². The number of hydrogen-bond acceptors (Lipinski definition) is 5. The minimum absolute atomic E-state index is 0.0495. The summed E-state index contributed by atoms with van der Waals surface area (Å²) in [6, 6.07) is 9.58. The number of hydrogen-bond donors (Lipinski definition) is 3. The Bertz CT molecular complexity index is 1050. The number of nitrogens with one attached hydrogen (secondary N) is 1. The molecule has 0 saturated carbocycles. The highest BCUT2D eigenvalue weighted by atomic mass is 19.1. The zero-order chi connectivity index (χ0) is 19.8. The van der Waals surface area contributed by atoms with Gasteiger partial charge in [-0.25, -0.2) is 19.2 Å². The molecule has 0 bridgehead atoms. The van der Waals surface area contributed by atoms with Crippen molar-refractivity contribution in [3.63, 3.8) is 0 Å². The van der Waals surface area contributed by atoms with Gasteiger partial charge < -0.3 is 20.4 Å². The smallest absolute Gasteiger partial charge is 0.404 e. The number of aromatic nitrogens is 2. The Balaban J connectivity index is 1.85. The number of benzene rings is 2. The van der Waals surface area contributed by atoms with E-state index in [2.05, 4.69) is 15.3 Å². The third-order valence-corrected chi connectivity index (χ3v) is 4.86. The van der Waals surface area contributed by atoms with Gasteiger partial charge in [0.25, 0.3) is 0 Å². The van der Waals surface area contributed by atoms with Crippen LogP contribution < -0.4 is 10.2 Å². The van der Waals surface area contributed by atoms with Crippen LogP contribution in [0.4, 0.5) is 15.0 Å². The van der Waals surface area contributed by atoms with E-state index in [1.165, 1.54) is 18.2 Å². The van der Waals surface area contributed by atoms with E-state index in [1.807, 2.05) is 30.0 Å². The molecule has 2 aromatic carbocycles. The van der Waals surface area contributed by atoms with E-state index < -0.39 is 11.9 Å². The summed E-state index contributed by atoms with van der Waals surface area (Å²) in [5, 5.41) is 22.4. The number of nitrogens with zero attached hydrogens (tertiary/aromatic N) is 3. The predicted molar refractivity (Wildman–Crippen MR) is 103 cm³/mol. The first-order valence-electron chi connectivity index (χ1n) is 8.93. The maximum atomic E-state index is 14.4. The number of halogens is 1. The minimum Gasteiger partial charge on any atom is -0.507 e. The normalized spacial score (nSPS) is 16.5. The monoisotopic (exact) mass is 382 g/mol. The van der Waals surface area contributed by atoms with Crippen LogP contribution in [0.25, 0.3) is 22.3 Å². The van der Waals surface area contributed by atoms with Gasteiger partial charge in [-0.3, -0.25) is 0 Å². The molecule has 28 heavy (non-hydrogen) atoms. The maximum Gasteiger partial charge on any atom is 0.404 e. The Morgan fingerprint density at radius 1 is 1.29 bits per heavy atom. The highest BCUT2D eigenvalue weighted by Gasteiger charge is 2.27. The fraction of sp³-hybridized carbons (Fsp3) is 0.250. The van der Waals surface area contributed by atoms with Crippen molar-refractivity contribution in [1.29, 1.82) is 0 Å². The first-order valence-corrected chi connectivity index (χ1v) is 8.93. The van der Waals surface area contributed by atoms with Gasteiger partial charge in [0, 0.05) is 18.5 Å². The molecule has 1 unspecified atom stereocenters. The van der Waals surface area contributed by atoms with Crippen molar-refractivity contribution in [3.05, 3.63) is 47.8 Å². The van der Waals surface area contributed by atoms with Crippen LogP contribution in [-0.4, -0.2) is 45.4 Å². The highest BCUT2D eigenvalue weighted by Crippen LogP contribution is 2.34. The van der Waals surface area contributed by atoms with Gasteiger partial charge in [-0.1, -0.05) is 12.1 Å². The number of amides is 1. The first kappa shape index (κ1) is 18.0. The standard InChI is InChI=1S/C20H19FN4O3/c1-11-5-6-13-15(9-11)23-18(17-14(21)3-2-4-16(17)26)24-19(13)25-8-7-12(10-25)22-20(27)28/h2-6,9,12,22,26H,7-8,10H2,1H3,(H,27,28). The van der Waals surface area contributed by atoms with E-state index in [4.69, 9.17) is 5.11 Å². The second-order valence-corrected chi connectivity index (χ2v) is 6.91. The van der Waals surface area contributed by atoms with Crippen molar-refractivity contribution in [2.24, 2.45) is 0 Å². The predicted octanol–water partition coefficient (Wildman–Crippen LogP) is 3.30. The van der Waals surface area contributed by atoms with Crippen LogP contribution >= 0.6 is 0 Å². The molecule has 0 radical (unpaired) electrons. The molecule has 8 heteroatoms. The molecule has 1 aromatic heterocycles. The number of aromatic hydroxyl groups is 1. The number of phenolic OH excluding ortho intramolecular Hbond substituents is 1. The van der Waals surface area contributed by atoms with E-state index in [1.54, 1.807) is 0 Å². The number of fused-ring (bicyclic) bond motifs is 1. The zero-order valence-electron chi connectivity index (χ0n) is 15.2. The van der Waals surface area contributed by atoms with Gasteiger partial charge in [-0.2, -0.15) is 0 Å². The third-order valence-electron chi connectivity index (χ3n) is 4.86. The molecule has 1 aliphatic heterocycles. The molecule has 144 valence electrons. The molecule has 1 fully saturated rings. The van der Waals surface area contributed by atoms with Crippen LogP contribution in [0.3, 0.4) is 0 Å². The quantitative estimate of drug-likeness (QED) is 0.643. The summed E-state index contributed by atoms with van der Waals surface area (Å²) >= 11 is 0. The molecular formula is C20H19FN4O3. The average molecular weight is 382 g/mol. The van der Waals surface area contributed by atoms with E-state index in [0.29, 0.717) is 30.8 Å². The molecule has 0 aliphatic carbocycles. The summed E-state index contributed by atoms with van der Waals surface area (Å²) in [5.74, 6) is -0.148. The average Bonchev–Trinajstić information content (AvgIpc) is 3.08. The number of phenols is 1. The topological polar surface area (TPSA) is 98.6 Å². The van der Waals surface area contributed by atoms with Crippen molar-refractivity contribution in [2.45, 2.75) is 19.4 Å². The largest absolute Gasteiger partial charge is 0.507 e. The van der Waals surface area contributed by atoms with E-state index >= 15 is 0 Å². The van der Waals surface area contributed by atoms with Crippen molar-refractivity contribution < 1.29 is 19.4 Å². The second kappa shape index (κ2) is 6.95. The molecule has 3 N–H and O–H groups in total. The van der Waals surface area contributed by atoms with E-state index in [0.717, 1.165) is 10.9 Å². The minimum atomic E-state index is -1.06. The van der Waals surface area contributed by atoms with Crippen molar-refractivity contribution in [2.75, 3.05) is 18.0 Å². The Morgan fingerprint density at radius 3 is 2.86 bits per heavy atom. The maximum absolute atomic E-state index is 14.4. The summed E-state index contributed by atoms with van der Waals surface area (Å²) in [6.45, 7) is 2.99.